The first-order valence-corrected chi connectivity index (χ1v) is 8.39. The minimum absolute atomic E-state index is 0.0838. The molecule has 21 heavy (non-hydrogen) atoms. The number of hydrogen-bond acceptors (Lipinski definition) is 2. The molecule has 0 aromatic heterocycles. The Morgan fingerprint density at radius 1 is 1.33 bits per heavy atom. The third-order valence-electron chi connectivity index (χ3n) is 3.97. The van der Waals surface area contributed by atoms with E-state index in [-0.39, 0.29) is 5.91 Å². The zero-order chi connectivity index (χ0) is 15.1. The van der Waals surface area contributed by atoms with Crippen molar-refractivity contribution in [2.24, 2.45) is 0 Å². The summed E-state index contributed by atoms with van der Waals surface area (Å²) in [5.74, 6) is 1.40. The first-order valence-electron chi connectivity index (χ1n) is 7.86. The van der Waals surface area contributed by atoms with Crippen LogP contribution in [0, 0.1) is 0 Å². The van der Waals surface area contributed by atoms with E-state index in [0.29, 0.717) is 18.5 Å². The van der Waals surface area contributed by atoms with E-state index in [0.717, 1.165) is 43.6 Å². The highest BCUT2D eigenvalue weighted by atomic mass is 35.5. The number of rotatable bonds is 8. The minimum atomic E-state index is 0.0838. The van der Waals surface area contributed by atoms with Gasteiger partial charge in [-0.25, -0.2) is 0 Å². The molecule has 0 bridgehead atoms. The quantitative estimate of drug-likeness (QED) is 0.534. The van der Waals surface area contributed by atoms with Gasteiger partial charge in [0.1, 0.15) is 5.75 Å². The second-order valence-corrected chi connectivity index (χ2v) is 5.88. The first kappa shape index (κ1) is 16.2. The maximum Gasteiger partial charge on any atom is 0.254 e. The summed E-state index contributed by atoms with van der Waals surface area (Å²) in [6.07, 6.45) is 5.57. The van der Waals surface area contributed by atoms with Crippen molar-refractivity contribution < 1.29 is 9.53 Å². The van der Waals surface area contributed by atoms with Crippen molar-refractivity contribution >= 4 is 17.5 Å². The highest BCUT2D eigenvalue weighted by Crippen LogP contribution is 2.26. The predicted octanol–water partition coefficient (Wildman–Crippen LogP) is 4.10. The Morgan fingerprint density at radius 2 is 2.05 bits per heavy atom. The molecule has 3 nitrogen and oxygen atoms in total. The molecule has 1 amide bonds. The Labute approximate surface area is 132 Å². The van der Waals surface area contributed by atoms with Gasteiger partial charge in [0.05, 0.1) is 6.61 Å². The van der Waals surface area contributed by atoms with Crippen molar-refractivity contribution in [1.82, 2.24) is 4.90 Å². The number of carbonyl (C=O) groups excluding carboxylic acids is 1. The van der Waals surface area contributed by atoms with Gasteiger partial charge in [-0.1, -0.05) is 13.3 Å². The number of hydrogen-bond donors (Lipinski definition) is 0. The zero-order valence-corrected chi connectivity index (χ0v) is 13.4. The number of ether oxygens (including phenoxy) is 1. The van der Waals surface area contributed by atoms with Crippen LogP contribution in [0.1, 0.15) is 49.4 Å². The summed E-state index contributed by atoms with van der Waals surface area (Å²) in [4.78, 5) is 14.5. The lowest BCUT2D eigenvalue weighted by Gasteiger charge is -2.37. The fourth-order valence-corrected chi connectivity index (χ4v) is 2.62. The fourth-order valence-electron chi connectivity index (χ4n) is 2.43. The number of alkyl halides is 1. The van der Waals surface area contributed by atoms with E-state index >= 15 is 0 Å². The Balaban J connectivity index is 1.97. The smallest absolute Gasteiger partial charge is 0.254 e. The molecule has 0 spiro atoms. The molecular weight excluding hydrogens is 286 g/mol. The number of halogens is 1. The molecule has 1 aliphatic rings. The number of unbranched alkanes of at least 4 members (excludes halogenated alkanes) is 1. The summed E-state index contributed by atoms with van der Waals surface area (Å²) in [7, 11) is 0. The van der Waals surface area contributed by atoms with E-state index in [9.17, 15) is 4.79 Å². The van der Waals surface area contributed by atoms with Crippen molar-refractivity contribution in [2.45, 2.75) is 45.1 Å². The van der Waals surface area contributed by atoms with Gasteiger partial charge in [0, 0.05) is 24.0 Å². The highest BCUT2D eigenvalue weighted by Gasteiger charge is 2.28. The van der Waals surface area contributed by atoms with E-state index < -0.39 is 0 Å². The third kappa shape index (κ3) is 4.37. The van der Waals surface area contributed by atoms with Crippen molar-refractivity contribution in [3.63, 3.8) is 0 Å². The first-order chi connectivity index (χ1) is 10.3. The molecular formula is C17H24ClNO2. The number of benzene rings is 1. The van der Waals surface area contributed by atoms with Gasteiger partial charge in [0.2, 0.25) is 0 Å². The summed E-state index contributed by atoms with van der Waals surface area (Å²) in [5.41, 5.74) is 0.717. The summed E-state index contributed by atoms with van der Waals surface area (Å²) in [6, 6.07) is 7.83. The Hall–Kier alpha value is -1.22. The maximum atomic E-state index is 12.6. The van der Waals surface area contributed by atoms with E-state index in [1.165, 1.54) is 6.42 Å². The average Bonchev–Trinajstić information content (AvgIpc) is 2.45. The molecule has 1 aromatic rings. The highest BCUT2D eigenvalue weighted by molar-refractivity contribution is 6.18. The number of amides is 1. The van der Waals surface area contributed by atoms with Crippen LogP contribution in [-0.4, -0.2) is 35.9 Å². The third-order valence-corrected chi connectivity index (χ3v) is 4.14. The lowest BCUT2D eigenvalue weighted by atomic mass is 9.91. The Kier molecular flexibility index (Phi) is 6.37. The van der Waals surface area contributed by atoms with Gasteiger partial charge in [0.15, 0.2) is 0 Å². The molecule has 0 aliphatic heterocycles. The van der Waals surface area contributed by atoms with Gasteiger partial charge in [-0.15, -0.1) is 11.6 Å². The molecule has 1 saturated carbocycles. The second-order valence-electron chi connectivity index (χ2n) is 5.50. The summed E-state index contributed by atoms with van der Waals surface area (Å²) >= 11 is 5.84. The molecule has 0 N–H and O–H groups in total. The molecule has 116 valence electrons. The minimum Gasteiger partial charge on any atom is -0.494 e. The molecule has 0 atom stereocenters. The molecule has 0 saturated heterocycles. The van der Waals surface area contributed by atoms with Crippen LogP contribution in [-0.2, 0) is 0 Å². The van der Waals surface area contributed by atoms with Gasteiger partial charge in [-0.3, -0.25) is 4.79 Å². The van der Waals surface area contributed by atoms with Crippen LogP contribution in [0.25, 0.3) is 0 Å². The molecule has 1 fully saturated rings. The number of nitrogens with zero attached hydrogens (tertiary/aromatic N) is 1. The molecule has 0 heterocycles. The molecule has 0 radical (unpaired) electrons. The van der Waals surface area contributed by atoms with Gasteiger partial charge in [-0.2, -0.15) is 0 Å². The second kappa shape index (κ2) is 8.28. The van der Waals surface area contributed by atoms with Gasteiger partial charge < -0.3 is 9.64 Å². The van der Waals surface area contributed by atoms with Crippen LogP contribution in [0.3, 0.4) is 0 Å². The van der Waals surface area contributed by atoms with Crippen LogP contribution < -0.4 is 4.74 Å². The van der Waals surface area contributed by atoms with Crippen LogP contribution in [0.5, 0.6) is 5.75 Å². The van der Waals surface area contributed by atoms with Gasteiger partial charge in [0.25, 0.3) is 5.91 Å². The van der Waals surface area contributed by atoms with E-state index in [1.807, 2.05) is 29.2 Å². The molecule has 4 heteroatoms. The predicted molar refractivity (Wildman–Crippen MR) is 86.2 cm³/mol. The van der Waals surface area contributed by atoms with E-state index in [4.69, 9.17) is 16.3 Å². The van der Waals surface area contributed by atoms with Crippen molar-refractivity contribution in [1.29, 1.82) is 0 Å². The normalized spacial score (nSPS) is 14.6. The summed E-state index contributed by atoms with van der Waals surface area (Å²) in [5, 5.41) is 0. The fraction of sp³-hybridized carbons (Fsp3) is 0.588. The largest absolute Gasteiger partial charge is 0.494 e. The topological polar surface area (TPSA) is 29.5 Å². The summed E-state index contributed by atoms with van der Waals surface area (Å²) in [6.45, 7) is 3.49. The van der Waals surface area contributed by atoms with Crippen molar-refractivity contribution in [2.75, 3.05) is 19.0 Å². The van der Waals surface area contributed by atoms with Crippen LogP contribution in [0.15, 0.2) is 24.3 Å². The van der Waals surface area contributed by atoms with E-state index in [1.54, 1.807) is 0 Å². The molecule has 0 unspecified atom stereocenters. The van der Waals surface area contributed by atoms with Crippen LogP contribution in [0.2, 0.25) is 0 Å². The van der Waals surface area contributed by atoms with Gasteiger partial charge in [-0.05, 0) is 49.9 Å². The molecule has 1 aliphatic carbocycles. The lowest BCUT2D eigenvalue weighted by Crippen LogP contribution is -2.45. The van der Waals surface area contributed by atoms with Crippen molar-refractivity contribution in [3.8, 4) is 5.75 Å². The summed E-state index contributed by atoms with van der Waals surface area (Å²) < 4.78 is 5.62. The van der Waals surface area contributed by atoms with Gasteiger partial charge >= 0.3 is 0 Å². The monoisotopic (exact) mass is 309 g/mol. The standard InChI is InChI=1S/C17H24ClNO2/c1-2-3-13-21-16-9-7-14(8-10-16)17(20)19(12-11-18)15-5-4-6-15/h7-10,15H,2-6,11-13H2,1H3. The van der Waals surface area contributed by atoms with Crippen molar-refractivity contribution in [3.05, 3.63) is 29.8 Å². The molecule has 2 rings (SSSR count). The Morgan fingerprint density at radius 3 is 2.57 bits per heavy atom. The maximum absolute atomic E-state index is 12.6. The number of carbonyl (C=O) groups is 1. The van der Waals surface area contributed by atoms with Crippen LogP contribution in [0.4, 0.5) is 0 Å². The average molecular weight is 310 g/mol. The van der Waals surface area contributed by atoms with E-state index in [2.05, 4.69) is 6.92 Å². The Bertz CT molecular complexity index is 443. The SMILES string of the molecule is CCCCOc1ccc(C(=O)N(CCCl)C2CCC2)cc1. The zero-order valence-electron chi connectivity index (χ0n) is 12.7. The van der Waals surface area contributed by atoms with Crippen LogP contribution >= 0.6 is 11.6 Å². The molecule has 1 aromatic carbocycles. The lowest BCUT2D eigenvalue weighted by molar-refractivity contribution is 0.0598.